The fraction of sp³-hybridized carbons (Fsp3) is 0.467. The Morgan fingerprint density at radius 1 is 0.812 bits per heavy atom. The molecule has 0 aromatic heterocycles. The maximum absolute atomic E-state index is 6.67. The summed E-state index contributed by atoms with van der Waals surface area (Å²) in [5.74, 6) is 4.27. The van der Waals surface area contributed by atoms with Crippen molar-refractivity contribution in [2.24, 2.45) is 23.2 Å². The number of ether oxygens (including phenoxy) is 2. The molecule has 0 spiro atoms. The van der Waals surface area contributed by atoms with Crippen LogP contribution in [-0.2, 0) is 24.2 Å². The van der Waals surface area contributed by atoms with Gasteiger partial charge in [0, 0.05) is 13.2 Å². The van der Waals surface area contributed by atoms with Crippen LogP contribution in [0.25, 0.3) is 0 Å². The molecule has 0 radical (unpaired) electrons. The number of rotatable bonds is 12. The van der Waals surface area contributed by atoms with Gasteiger partial charge in [0.2, 0.25) is 0 Å². The molecule has 0 saturated heterocycles. The molecule has 3 aliphatic rings. The lowest BCUT2D eigenvalue weighted by atomic mass is 9.54. The molecule has 0 bridgehead atoms. The molecule has 2 fully saturated rings. The number of benzene rings is 4. The minimum Gasteiger partial charge on any atom is -0.489 e. The van der Waals surface area contributed by atoms with Crippen molar-refractivity contribution in [2.75, 3.05) is 13.2 Å². The molecule has 252 valence electrons. The van der Waals surface area contributed by atoms with E-state index in [1.54, 1.807) is 11.1 Å². The third-order valence-corrected chi connectivity index (χ3v) is 16.7. The average Bonchev–Trinajstić information content (AvgIpc) is 3.46. The van der Waals surface area contributed by atoms with Crippen molar-refractivity contribution >= 4 is 19.2 Å². The molecule has 0 N–H and O–H groups in total. The Labute approximate surface area is 291 Å². The van der Waals surface area contributed by atoms with Crippen LogP contribution in [0, 0.1) is 23.2 Å². The monoisotopic (exact) mass is 656 g/mol. The minimum absolute atomic E-state index is 0.127. The van der Waals surface area contributed by atoms with E-state index in [4.69, 9.17) is 9.47 Å². The lowest BCUT2D eigenvalue weighted by molar-refractivity contribution is 0.0124. The second-order valence-electron chi connectivity index (χ2n) is 16.1. The number of hydrogen-bond acceptors (Lipinski definition) is 2. The second kappa shape index (κ2) is 14.4. The zero-order valence-corrected chi connectivity index (χ0v) is 31.0. The molecule has 0 aliphatic heterocycles. The summed E-state index contributed by atoms with van der Waals surface area (Å²) < 4.78 is 13.1. The van der Waals surface area contributed by atoms with Crippen molar-refractivity contribution in [3.8, 4) is 5.75 Å². The molecule has 0 heterocycles. The first kappa shape index (κ1) is 33.4. The molecule has 2 nitrogen and oxygen atoms in total. The fourth-order valence-corrected chi connectivity index (χ4v) is 14.1. The van der Waals surface area contributed by atoms with Gasteiger partial charge in [-0.25, -0.2) is 0 Å². The van der Waals surface area contributed by atoms with Gasteiger partial charge in [0.25, 0.3) is 0 Å². The van der Waals surface area contributed by atoms with E-state index in [1.165, 1.54) is 66.4 Å². The number of fused-ring (bicyclic) bond motifs is 5. The lowest BCUT2D eigenvalue weighted by Gasteiger charge is -2.51. The van der Waals surface area contributed by atoms with E-state index in [1.807, 2.05) is 0 Å². The third-order valence-electron chi connectivity index (χ3n) is 12.9. The summed E-state index contributed by atoms with van der Waals surface area (Å²) in [6.45, 7) is 12.2. The van der Waals surface area contributed by atoms with Crippen molar-refractivity contribution in [3.63, 3.8) is 0 Å². The van der Waals surface area contributed by atoms with Crippen LogP contribution in [0.1, 0.15) is 94.4 Å². The largest absolute Gasteiger partial charge is 0.489 e. The molecule has 4 aromatic rings. The van der Waals surface area contributed by atoms with Gasteiger partial charge in [0.1, 0.15) is 21.2 Å². The van der Waals surface area contributed by atoms with Gasteiger partial charge >= 0.3 is 0 Å². The van der Waals surface area contributed by atoms with Crippen LogP contribution < -0.4 is 15.1 Å². The van der Waals surface area contributed by atoms with E-state index in [2.05, 4.69) is 131 Å². The third kappa shape index (κ3) is 6.70. The van der Waals surface area contributed by atoms with Gasteiger partial charge < -0.3 is 9.47 Å². The number of aryl methyl sites for hydroxylation is 2. The van der Waals surface area contributed by atoms with E-state index in [0.717, 1.165) is 43.1 Å². The first-order valence-electron chi connectivity index (χ1n) is 18.9. The summed E-state index contributed by atoms with van der Waals surface area (Å²) in [5.41, 5.74) is 6.28. The molecule has 3 heteroatoms. The molecule has 7 rings (SSSR count). The Balaban J connectivity index is 0.985. The maximum Gasteiger partial charge on any atom is 0.123 e. The Hall–Kier alpha value is -3.14. The highest BCUT2D eigenvalue weighted by Gasteiger charge is 2.54. The van der Waals surface area contributed by atoms with Crippen molar-refractivity contribution in [3.05, 3.63) is 125 Å². The molecule has 3 aliphatic carbocycles. The first-order valence-corrected chi connectivity index (χ1v) is 20.6. The van der Waals surface area contributed by atoms with E-state index in [0.29, 0.717) is 17.9 Å². The highest BCUT2D eigenvalue weighted by Crippen LogP contribution is 2.63. The van der Waals surface area contributed by atoms with E-state index >= 15 is 0 Å². The van der Waals surface area contributed by atoms with Crippen LogP contribution in [-0.4, -0.2) is 22.0 Å². The predicted molar refractivity (Wildman–Crippen MR) is 203 cm³/mol. The standard InChI is InChI=1S/C45H56O2Si/c1-5-34-29-41-35(30-43(34)47-31-33-15-9-6-10-16-33)21-23-40-39(41)25-27-45(4)36(22-24-42(40)45)26-28-46-32-44(2,3)48(37-17-11-7-12-18-37)38-19-13-8-14-20-38/h6-20,29-30,36,39-40,42,48H,5,21-28,31-32H2,1-4H3. The first-order chi connectivity index (χ1) is 23.4. The van der Waals surface area contributed by atoms with Crippen LogP contribution in [0.5, 0.6) is 5.75 Å². The van der Waals surface area contributed by atoms with Gasteiger partial charge in [-0.15, -0.1) is 0 Å². The topological polar surface area (TPSA) is 18.5 Å². The van der Waals surface area contributed by atoms with Gasteiger partial charge in [0.15, 0.2) is 0 Å². The van der Waals surface area contributed by atoms with Crippen LogP contribution in [0.3, 0.4) is 0 Å². The van der Waals surface area contributed by atoms with Gasteiger partial charge in [0.05, 0.1) is 0 Å². The zero-order chi connectivity index (χ0) is 33.1. The van der Waals surface area contributed by atoms with Gasteiger partial charge in [-0.2, -0.15) is 0 Å². The van der Waals surface area contributed by atoms with Crippen LogP contribution in [0.15, 0.2) is 103 Å². The van der Waals surface area contributed by atoms with Gasteiger partial charge in [-0.1, -0.05) is 135 Å². The fourth-order valence-electron chi connectivity index (χ4n) is 10.4. The summed E-state index contributed by atoms with van der Waals surface area (Å²) in [4.78, 5) is 0. The molecule has 2 saturated carbocycles. The summed E-state index contributed by atoms with van der Waals surface area (Å²) in [6, 6.07) is 38.0. The van der Waals surface area contributed by atoms with Crippen molar-refractivity contribution in [1.29, 1.82) is 0 Å². The van der Waals surface area contributed by atoms with Crippen LogP contribution in [0.4, 0.5) is 0 Å². The van der Waals surface area contributed by atoms with Crippen molar-refractivity contribution in [2.45, 2.75) is 96.6 Å². The van der Waals surface area contributed by atoms with Crippen molar-refractivity contribution < 1.29 is 9.47 Å². The summed E-state index contributed by atoms with van der Waals surface area (Å²) in [6.07, 6.45) is 10.2. The highest BCUT2D eigenvalue weighted by molar-refractivity contribution is 6.87. The summed E-state index contributed by atoms with van der Waals surface area (Å²) >= 11 is 0. The van der Waals surface area contributed by atoms with Crippen LogP contribution in [0.2, 0.25) is 5.04 Å². The molecule has 48 heavy (non-hydrogen) atoms. The molecular weight excluding hydrogens is 601 g/mol. The molecular formula is C45H56O2Si. The smallest absolute Gasteiger partial charge is 0.123 e. The second-order valence-corrected chi connectivity index (χ2v) is 19.9. The maximum atomic E-state index is 6.67. The van der Waals surface area contributed by atoms with E-state index < -0.39 is 8.80 Å². The Bertz CT molecular complexity index is 1590. The van der Waals surface area contributed by atoms with Crippen LogP contribution >= 0.6 is 0 Å². The SMILES string of the molecule is CCc1cc2c(cc1OCc1ccccc1)CCC1C2CCC2(C)C(CCOCC(C)(C)[SiH](c3ccccc3)c3ccccc3)CCC12. The highest BCUT2D eigenvalue weighted by atomic mass is 28.3. The predicted octanol–water partition coefficient (Wildman–Crippen LogP) is 9.53. The summed E-state index contributed by atoms with van der Waals surface area (Å²) in [7, 11) is -1.47. The molecule has 5 unspecified atom stereocenters. The zero-order valence-electron chi connectivity index (χ0n) is 29.8. The Morgan fingerprint density at radius 2 is 1.48 bits per heavy atom. The minimum atomic E-state index is -1.47. The lowest BCUT2D eigenvalue weighted by Crippen LogP contribution is -2.51. The normalized spacial score (nSPS) is 24.9. The number of hydrogen-bond donors (Lipinski definition) is 0. The average molecular weight is 657 g/mol. The van der Waals surface area contributed by atoms with Gasteiger partial charge in [-0.3, -0.25) is 0 Å². The van der Waals surface area contributed by atoms with E-state index in [-0.39, 0.29) is 5.04 Å². The summed E-state index contributed by atoms with van der Waals surface area (Å²) in [5, 5.41) is 3.15. The Morgan fingerprint density at radius 3 is 2.15 bits per heavy atom. The molecule has 4 aromatic carbocycles. The molecule has 0 amide bonds. The van der Waals surface area contributed by atoms with Crippen molar-refractivity contribution in [1.82, 2.24) is 0 Å². The quantitative estimate of drug-likeness (QED) is 0.112. The Kier molecular flexibility index (Phi) is 9.99. The van der Waals surface area contributed by atoms with E-state index in [9.17, 15) is 0 Å². The molecule has 5 atom stereocenters. The van der Waals surface area contributed by atoms with Gasteiger partial charge in [-0.05, 0) is 114 Å².